The second kappa shape index (κ2) is 10.5. The molecule has 0 spiro atoms. The highest BCUT2D eigenvalue weighted by atomic mass is 16.4. The number of fused-ring (bicyclic) bond motifs is 6. The maximum Gasteiger partial charge on any atom is 0.431 e. The first-order chi connectivity index (χ1) is 23.3. The van der Waals surface area contributed by atoms with Gasteiger partial charge in [0.25, 0.3) is 0 Å². The highest BCUT2D eigenvalue weighted by Crippen LogP contribution is 2.47. The number of aryl methyl sites for hydroxylation is 6. The SMILES string of the molecule is Cc1cc(C)c(-c2ccc(N3c4ccc(-c5c(C)cc(C)cc5C)cc4B4Oc5ccccc5-c5c4c3cc3ccoc53)cc2)c(C)c1. The van der Waals surface area contributed by atoms with Crippen LogP contribution in [0.1, 0.15) is 33.4 Å². The van der Waals surface area contributed by atoms with Crippen LogP contribution in [0.2, 0.25) is 0 Å². The summed E-state index contributed by atoms with van der Waals surface area (Å²) in [6.45, 7) is 12.9. The normalized spacial score (nSPS) is 12.9. The van der Waals surface area contributed by atoms with Crippen molar-refractivity contribution in [3.8, 4) is 39.1 Å². The molecule has 6 aromatic carbocycles. The molecule has 9 rings (SSSR count). The molecule has 3 nitrogen and oxygen atoms in total. The van der Waals surface area contributed by atoms with Crippen molar-refractivity contribution in [1.82, 2.24) is 0 Å². The lowest BCUT2D eigenvalue weighted by Gasteiger charge is -2.40. The third-order valence-corrected chi connectivity index (χ3v) is 10.3. The van der Waals surface area contributed by atoms with E-state index in [0.29, 0.717) is 0 Å². The number of hydrogen-bond donors (Lipinski definition) is 0. The Morgan fingerprint density at radius 1 is 0.562 bits per heavy atom. The molecule has 0 N–H and O–H groups in total. The molecule has 0 unspecified atom stereocenters. The van der Waals surface area contributed by atoms with E-state index in [1.165, 1.54) is 55.6 Å². The third kappa shape index (κ3) is 4.22. The first kappa shape index (κ1) is 28.7. The largest absolute Gasteiger partial charge is 0.551 e. The molecule has 0 atom stereocenters. The van der Waals surface area contributed by atoms with Crippen LogP contribution in [0, 0.1) is 41.5 Å². The predicted molar refractivity (Wildman–Crippen MR) is 201 cm³/mol. The second-order valence-corrected chi connectivity index (χ2v) is 13.7. The van der Waals surface area contributed by atoms with Crippen molar-refractivity contribution in [3.63, 3.8) is 0 Å². The Bertz CT molecular complexity index is 2410. The van der Waals surface area contributed by atoms with Gasteiger partial charge in [0, 0.05) is 39.0 Å². The van der Waals surface area contributed by atoms with Crippen LogP contribution in [0.5, 0.6) is 5.75 Å². The van der Waals surface area contributed by atoms with E-state index in [4.69, 9.17) is 9.07 Å². The Morgan fingerprint density at radius 3 is 1.88 bits per heavy atom. The fourth-order valence-corrected chi connectivity index (χ4v) is 8.59. The van der Waals surface area contributed by atoms with Gasteiger partial charge < -0.3 is 14.0 Å². The molecule has 0 saturated heterocycles. The van der Waals surface area contributed by atoms with E-state index >= 15 is 0 Å². The number of benzene rings is 6. The standard InChI is InChI=1S/C44H36BNO2/c1-25-19-27(3)40(28(4)20-25)31-11-14-34(15-12-31)46-37-16-13-32(41-29(5)21-26(2)22-30(41)6)23-36(37)45-43-38(46)24-33-17-18-47-44(33)42(43)35-9-7-8-10-39(35)48-45/h7-24H,1-6H3. The molecule has 48 heavy (non-hydrogen) atoms. The zero-order valence-corrected chi connectivity index (χ0v) is 28.2. The van der Waals surface area contributed by atoms with Crippen molar-refractivity contribution in [2.75, 3.05) is 4.90 Å². The highest BCUT2D eigenvalue weighted by Gasteiger charge is 2.44. The number of para-hydroxylation sites is 1. The quantitative estimate of drug-likeness (QED) is 0.184. The monoisotopic (exact) mass is 621 g/mol. The maximum atomic E-state index is 6.99. The van der Waals surface area contributed by atoms with E-state index in [-0.39, 0.29) is 6.92 Å². The third-order valence-electron chi connectivity index (χ3n) is 10.3. The molecule has 0 bridgehead atoms. The number of rotatable bonds is 3. The van der Waals surface area contributed by atoms with Gasteiger partial charge in [-0.3, -0.25) is 0 Å². The van der Waals surface area contributed by atoms with Gasteiger partial charge in [-0.15, -0.1) is 0 Å². The Morgan fingerprint density at radius 2 is 1.19 bits per heavy atom. The molecular weight excluding hydrogens is 585 g/mol. The highest BCUT2D eigenvalue weighted by molar-refractivity contribution is 6.86. The van der Waals surface area contributed by atoms with Crippen molar-refractivity contribution in [2.45, 2.75) is 41.5 Å². The maximum absolute atomic E-state index is 6.99. The zero-order chi connectivity index (χ0) is 32.8. The van der Waals surface area contributed by atoms with Gasteiger partial charge >= 0.3 is 6.92 Å². The summed E-state index contributed by atoms with van der Waals surface area (Å²) in [7, 11) is 0. The lowest BCUT2D eigenvalue weighted by atomic mass is 9.49. The Kier molecular flexibility index (Phi) is 6.29. The number of furan rings is 1. The lowest BCUT2D eigenvalue weighted by Crippen LogP contribution is -2.56. The van der Waals surface area contributed by atoms with E-state index in [9.17, 15) is 0 Å². The smallest absolute Gasteiger partial charge is 0.431 e. The van der Waals surface area contributed by atoms with Gasteiger partial charge in [0.2, 0.25) is 0 Å². The molecule has 7 aromatic rings. The fraction of sp³-hybridized carbons (Fsp3) is 0.136. The average molecular weight is 622 g/mol. The van der Waals surface area contributed by atoms with Crippen LogP contribution in [0.15, 0.2) is 114 Å². The van der Waals surface area contributed by atoms with Crippen molar-refractivity contribution in [2.24, 2.45) is 0 Å². The molecule has 1 aromatic heterocycles. The van der Waals surface area contributed by atoms with Gasteiger partial charge in [-0.05, 0) is 128 Å². The van der Waals surface area contributed by atoms with Crippen LogP contribution < -0.4 is 20.5 Å². The molecule has 0 amide bonds. The zero-order valence-electron chi connectivity index (χ0n) is 28.2. The molecule has 0 fully saturated rings. The van der Waals surface area contributed by atoms with Crippen LogP contribution in [0.25, 0.3) is 44.3 Å². The lowest BCUT2D eigenvalue weighted by molar-refractivity contribution is 0.587. The topological polar surface area (TPSA) is 25.6 Å². The summed E-state index contributed by atoms with van der Waals surface area (Å²) in [5.74, 6) is 0.880. The molecule has 232 valence electrons. The van der Waals surface area contributed by atoms with Crippen molar-refractivity contribution in [3.05, 3.63) is 143 Å². The van der Waals surface area contributed by atoms with Gasteiger partial charge in [0.15, 0.2) is 0 Å². The molecular formula is C44H36BNO2. The number of nitrogens with zero attached hydrogens (tertiary/aromatic N) is 1. The predicted octanol–water partition coefficient (Wildman–Crippen LogP) is 10.6. The first-order valence-corrected chi connectivity index (χ1v) is 16.8. The number of hydrogen-bond acceptors (Lipinski definition) is 3. The van der Waals surface area contributed by atoms with Crippen LogP contribution in [-0.2, 0) is 0 Å². The first-order valence-electron chi connectivity index (χ1n) is 16.8. The molecule has 3 heterocycles. The van der Waals surface area contributed by atoms with Crippen LogP contribution in [-0.4, -0.2) is 6.92 Å². The Hall–Kier alpha value is -5.48. The molecule has 4 heteroatoms. The molecule has 0 aliphatic carbocycles. The van der Waals surface area contributed by atoms with Crippen LogP contribution in [0.4, 0.5) is 17.1 Å². The van der Waals surface area contributed by atoms with Gasteiger partial charge in [0.05, 0.1) is 6.26 Å². The minimum absolute atomic E-state index is 0.284. The second-order valence-electron chi connectivity index (χ2n) is 13.7. The molecule has 0 radical (unpaired) electrons. The summed E-state index contributed by atoms with van der Waals surface area (Å²) in [6.07, 6.45) is 1.80. The van der Waals surface area contributed by atoms with Crippen LogP contribution in [0.3, 0.4) is 0 Å². The van der Waals surface area contributed by atoms with Gasteiger partial charge in [0.1, 0.15) is 11.3 Å². The van der Waals surface area contributed by atoms with Gasteiger partial charge in [-0.2, -0.15) is 0 Å². The van der Waals surface area contributed by atoms with Crippen molar-refractivity contribution >= 4 is 45.9 Å². The van der Waals surface area contributed by atoms with Gasteiger partial charge in [-0.1, -0.05) is 77.9 Å². The van der Waals surface area contributed by atoms with Crippen LogP contribution >= 0.6 is 0 Å². The van der Waals surface area contributed by atoms with E-state index in [1.54, 1.807) is 6.26 Å². The van der Waals surface area contributed by atoms with E-state index in [2.05, 4.69) is 150 Å². The van der Waals surface area contributed by atoms with Gasteiger partial charge in [-0.25, -0.2) is 0 Å². The van der Waals surface area contributed by atoms with E-state index in [1.807, 2.05) is 0 Å². The summed E-state index contributed by atoms with van der Waals surface area (Å²) in [5, 5.41) is 1.08. The van der Waals surface area contributed by atoms with Crippen molar-refractivity contribution < 1.29 is 9.07 Å². The molecule has 2 aliphatic rings. The summed E-state index contributed by atoms with van der Waals surface area (Å²) >= 11 is 0. The minimum atomic E-state index is -0.284. The molecule has 0 saturated carbocycles. The summed E-state index contributed by atoms with van der Waals surface area (Å²) in [6, 6.07) is 37.8. The van der Waals surface area contributed by atoms with Crippen molar-refractivity contribution in [1.29, 1.82) is 0 Å². The fourth-order valence-electron chi connectivity index (χ4n) is 8.59. The van der Waals surface area contributed by atoms with E-state index < -0.39 is 0 Å². The summed E-state index contributed by atoms with van der Waals surface area (Å²) in [5.41, 5.74) is 21.5. The Balaban J connectivity index is 1.30. The van der Waals surface area contributed by atoms with E-state index in [0.717, 1.165) is 55.8 Å². The summed E-state index contributed by atoms with van der Waals surface area (Å²) in [4.78, 5) is 2.42. The minimum Gasteiger partial charge on any atom is -0.551 e. The summed E-state index contributed by atoms with van der Waals surface area (Å²) < 4.78 is 13.2. The Labute approximate surface area is 282 Å². The average Bonchev–Trinajstić information content (AvgIpc) is 3.53. The number of anilines is 3. The molecule has 2 aliphatic heterocycles.